The summed E-state index contributed by atoms with van der Waals surface area (Å²) in [5.41, 5.74) is 1.15. The van der Waals surface area contributed by atoms with E-state index in [1.54, 1.807) is 23.6 Å². The Morgan fingerprint density at radius 3 is 2.94 bits per heavy atom. The monoisotopic (exact) mass is 302 g/mol. The molecule has 2 rings (SSSR count). The molecule has 0 unspecified atom stereocenters. The molecule has 94 valence electrons. The lowest BCUT2D eigenvalue weighted by Crippen LogP contribution is -2.00. The van der Waals surface area contributed by atoms with Crippen molar-refractivity contribution >= 4 is 51.3 Å². The number of thiazole rings is 1. The molecule has 18 heavy (non-hydrogen) atoms. The summed E-state index contributed by atoms with van der Waals surface area (Å²) in [7, 11) is 0. The number of anilines is 2. The zero-order valence-corrected chi connectivity index (χ0v) is 11.3. The van der Waals surface area contributed by atoms with Gasteiger partial charge in [0.15, 0.2) is 5.13 Å². The van der Waals surface area contributed by atoms with E-state index in [1.807, 2.05) is 0 Å². The van der Waals surface area contributed by atoms with Crippen LogP contribution in [0.2, 0.25) is 10.0 Å². The van der Waals surface area contributed by atoms with Crippen LogP contribution in [0.15, 0.2) is 23.6 Å². The van der Waals surface area contributed by atoms with Gasteiger partial charge in [0.2, 0.25) is 0 Å². The van der Waals surface area contributed by atoms with Crippen molar-refractivity contribution in [2.24, 2.45) is 0 Å². The summed E-state index contributed by atoms with van der Waals surface area (Å²) < 4.78 is 0. The standard InChI is InChI=1S/C11H8Cl2N2O2S/c12-7-2-1-3-8(10(7)13)15-11-14-6(5-18-11)4-9(16)17/h1-3,5H,4H2,(H,14,15)(H,16,17). The van der Waals surface area contributed by atoms with Crippen LogP contribution in [0.3, 0.4) is 0 Å². The maximum absolute atomic E-state index is 10.5. The van der Waals surface area contributed by atoms with Crippen LogP contribution in [0.1, 0.15) is 5.69 Å². The normalized spacial score (nSPS) is 10.3. The van der Waals surface area contributed by atoms with Crippen LogP contribution in [0.4, 0.5) is 10.8 Å². The van der Waals surface area contributed by atoms with Crippen molar-refractivity contribution in [2.75, 3.05) is 5.32 Å². The van der Waals surface area contributed by atoms with Crippen LogP contribution >= 0.6 is 34.5 Å². The van der Waals surface area contributed by atoms with Gasteiger partial charge in [0.1, 0.15) is 0 Å². The molecule has 0 aliphatic rings. The van der Waals surface area contributed by atoms with Gasteiger partial charge in [-0.2, -0.15) is 0 Å². The second-order valence-corrected chi connectivity index (χ2v) is 5.08. The maximum atomic E-state index is 10.5. The fourth-order valence-corrected chi connectivity index (χ4v) is 2.39. The molecule has 7 heteroatoms. The lowest BCUT2D eigenvalue weighted by atomic mass is 10.3. The SMILES string of the molecule is O=C(O)Cc1csc(Nc2cccc(Cl)c2Cl)n1. The molecule has 1 aromatic carbocycles. The van der Waals surface area contributed by atoms with Crippen LogP contribution in [0.5, 0.6) is 0 Å². The smallest absolute Gasteiger partial charge is 0.309 e. The Morgan fingerprint density at radius 1 is 1.44 bits per heavy atom. The van der Waals surface area contributed by atoms with Crippen LogP contribution in [0.25, 0.3) is 0 Å². The third-order valence-corrected chi connectivity index (χ3v) is 3.70. The quantitative estimate of drug-likeness (QED) is 0.901. The molecule has 0 amide bonds. The first kappa shape index (κ1) is 13.1. The number of carboxylic acids is 1. The van der Waals surface area contributed by atoms with E-state index in [0.29, 0.717) is 26.6 Å². The van der Waals surface area contributed by atoms with Crippen molar-refractivity contribution in [1.82, 2.24) is 4.98 Å². The van der Waals surface area contributed by atoms with E-state index in [1.165, 1.54) is 11.3 Å². The van der Waals surface area contributed by atoms with Gasteiger partial charge in [-0.1, -0.05) is 29.3 Å². The molecular formula is C11H8Cl2N2O2S. The highest BCUT2D eigenvalue weighted by Gasteiger charge is 2.09. The summed E-state index contributed by atoms with van der Waals surface area (Å²) in [6.07, 6.45) is -0.0958. The largest absolute Gasteiger partial charge is 0.481 e. The minimum atomic E-state index is -0.910. The zero-order chi connectivity index (χ0) is 13.1. The summed E-state index contributed by atoms with van der Waals surface area (Å²) in [6.45, 7) is 0. The van der Waals surface area contributed by atoms with Crippen LogP contribution in [-0.2, 0) is 11.2 Å². The predicted octanol–water partition coefficient (Wildman–Crippen LogP) is 3.82. The number of carbonyl (C=O) groups is 1. The van der Waals surface area contributed by atoms with Gasteiger partial charge in [0, 0.05) is 5.38 Å². The topological polar surface area (TPSA) is 62.2 Å². The van der Waals surface area contributed by atoms with E-state index < -0.39 is 5.97 Å². The molecule has 2 aromatic rings. The maximum Gasteiger partial charge on any atom is 0.309 e. The third-order valence-electron chi connectivity index (χ3n) is 2.08. The van der Waals surface area contributed by atoms with Crippen molar-refractivity contribution in [2.45, 2.75) is 6.42 Å². The van der Waals surface area contributed by atoms with E-state index in [9.17, 15) is 4.79 Å². The molecule has 1 aromatic heterocycles. The summed E-state index contributed by atoms with van der Waals surface area (Å²) in [5, 5.41) is 14.8. The lowest BCUT2D eigenvalue weighted by Gasteiger charge is -2.05. The minimum absolute atomic E-state index is 0.0958. The van der Waals surface area contributed by atoms with Gasteiger partial charge < -0.3 is 10.4 Å². The molecule has 0 fully saturated rings. The number of benzene rings is 1. The molecule has 0 atom stereocenters. The Kier molecular flexibility index (Phi) is 4.06. The van der Waals surface area contributed by atoms with Gasteiger partial charge in [0.05, 0.1) is 27.8 Å². The van der Waals surface area contributed by atoms with E-state index in [0.717, 1.165) is 0 Å². The predicted molar refractivity (Wildman–Crippen MR) is 73.2 cm³/mol. The van der Waals surface area contributed by atoms with Crippen LogP contribution in [-0.4, -0.2) is 16.1 Å². The van der Waals surface area contributed by atoms with Crippen molar-refractivity contribution in [3.05, 3.63) is 39.3 Å². The van der Waals surface area contributed by atoms with Crippen molar-refractivity contribution < 1.29 is 9.90 Å². The Morgan fingerprint density at radius 2 is 2.22 bits per heavy atom. The first-order valence-electron chi connectivity index (χ1n) is 4.93. The number of nitrogens with zero attached hydrogens (tertiary/aromatic N) is 1. The summed E-state index contributed by atoms with van der Waals surface area (Å²) in [6, 6.07) is 5.22. The second-order valence-electron chi connectivity index (χ2n) is 3.44. The van der Waals surface area contributed by atoms with Gasteiger partial charge in [-0.05, 0) is 12.1 Å². The highest BCUT2D eigenvalue weighted by molar-refractivity contribution is 7.13. The highest BCUT2D eigenvalue weighted by Crippen LogP contribution is 2.32. The molecular weight excluding hydrogens is 295 g/mol. The lowest BCUT2D eigenvalue weighted by molar-refractivity contribution is -0.136. The Bertz CT molecular complexity index is 586. The Hall–Kier alpha value is -1.30. The molecule has 0 spiro atoms. The number of aliphatic carboxylic acids is 1. The third kappa shape index (κ3) is 3.13. The van der Waals surface area contributed by atoms with E-state index in [-0.39, 0.29) is 6.42 Å². The second kappa shape index (κ2) is 5.56. The zero-order valence-electron chi connectivity index (χ0n) is 8.98. The van der Waals surface area contributed by atoms with Crippen LogP contribution < -0.4 is 5.32 Å². The first-order valence-corrected chi connectivity index (χ1v) is 6.57. The number of rotatable bonds is 4. The van der Waals surface area contributed by atoms with Crippen molar-refractivity contribution in [1.29, 1.82) is 0 Å². The van der Waals surface area contributed by atoms with Gasteiger partial charge >= 0.3 is 5.97 Å². The molecule has 4 nitrogen and oxygen atoms in total. The average Bonchev–Trinajstić information content (AvgIpc) is 2.71. The first-order chi connectivity index (χ1) is 8.56. The fourth-order valence-electron chi connectivity index (χ4n) is 1.32. The number of halogens is 2. The Balaban J connectivity index is 2.16. The fraction of sp³-hybridized carbons (Fsp3) is 0.0909. The number of hydrogen-bond donors (Lipinski definition) is 2. The summed E-state index contributed by atoms with van der Waals surface area (Å²) in [4.78, 5) is 14.7. The van der Waals surface area contributed by atoms with Gasteiger partial charge in [-0.3, -0.25) is 4.79 Å². The van der Waals surface area contributed by atoms with Crippen molar-refractivity contribution in [3.63, 3.8) is 0 Å². The number of carboxylic acid groups (broad SMARTS) is 1. The van der Waals surface area contributed by atoms with Gasteiger partial charge in [-0.15, -0.1) is 11.3 Å². The number of aromatic nitrogens is 1. The van der Waals surface area contributed by atoms with E-state index >= 15 is 0 Å². The van der Waals surface area contributed by atoms with E-state index in [4.69, 9.17) is 28.3 Å². The number of hydrogen-bond acceptors (Lipinski definition) is 4. The van der Waals surface area contributed by atoms with E-state index in [2.05, 4.69) is 10.3 Å². The van der Waals surface area contributed by atoms with Crippen LogP contribution in [0, 0.1) is 0 Å². The molecule has 0 aliphatic heterocycles. The average molecular weight is 303 g/mol. The molecule has 0 aliphatic carbocycles. The molecule has 1 heterocycles. The molecule has 0 radical (unpaired) electrons. The van der Waals surface area contributed by atoms with Gasteiger partial charge in [-0.25, -0.2) is 4.98 Å². The molecule has 0 bridgehead atoms. The highest BCUT2D eigenvalue weighted by atomic mass is 35.5. The van der Waals surface area contributed by atoms with Gasteiger partial charge in [0.25, 0.3) is 0 Å². The Labute approximate surface area is 117 Å². The van der Waals surface area contributed by atoms with Crippen molar-refractivity contribution in [3.8, 4) is 0 Å². The molecule has 0 saturated carbocycles. The summed E-state index contributed by atoms with van der Waals surface area (Å²) >= 11 is 13.2. The minimum Gasteiger partial charge on any atom is -0.481 e. The molecule has 2 N–H and O–H groups in total. The molecule has 0 saturated heterocycles. The number of nitrogens with one attached hydrogen (secondary N) is 1. The summed E-state index contributed by atoms with van der Waals surface area (Å²) in [5.74, 6) is -0.910.